The molecule has 4 aromatic rings. The first-order valence-electron chi connectivity index (χ1n) is 8.59. The van der Waals surface area contributed by atoms with Crippen molar-refractivity contribution in [2.75, 3.05) is 13.2 Å². The van der Waals surface area contributed by atoms with E-state index in [0.29, 0.717) is 36.4 Å². The molecule has 2 heterocycles. The first kappa shape index (κ1) is 16.2. The van der Waals surface area contributed by atoms with Crippen LogP contribution in [0.2, 0.25) is 0 Å². The Morgan fingerprint density at radius 3 is 2.58 bits per heavy atom. The maximum Gasteiger partial charge on any atom is 0.258 e. The van der Waals surface area contributed by atoms with Gasteiger partial charge in [-0.3, -0.25) is 0 Å². The number of hydrogen-bond donors (Lipinski definition) is 1. The molecule has 0 fully saturated rings. The van der Waals surface area contributed by atoms with Crippen LogP contribution in [0.4, 0.5) is 0 Å². The predicted octanol–water partition coefficient (Wildman–Crippen LogP) is 4.68. The molecule has 0 aliphatic heterocycles. The van der Waals surface area contributed by atoms with Crippen LogP contribution >= 0.6 is 0 Å². The van der Waals surface area contributed by atoms with Crippen molar-refractivity contribution in [3.8, 4) is 34.3 Å². The fourth-order valence-electron chi connectivity index (χ4n) is 2.83. The highest BCUT2D eigenvalue weighted by atomic mass is 16.5. The molecule has 0 amide bonds. The van der Waals surface area contributed by atoms with Gasteiger partial charge in [-0.05, 0) is 49.6 Å². The molecule has 0 saturated heterocycles. The molecule has 0 atom stereocenters. The lowest BCUT2D eigenvalue weighted by Gasteiger charge is -2.11. The molecule has 2 aromatic heterocycles. The summed E-state index contributed by atoms with van der Waals surface area (Å²) in [6.07, 6.45) is 1.91. The summed E-state index contributed by atoms with van der Waals surface area (Å²) >= 11 is 0. The van der Waals surface area contributed by atoms with Crippen molar-refractivity contribution in [2.24, 2.45) is 0 Å². The molecule has 1 N–H and O–H groups in total. The first-order chi connectivity index (χ1) is 12.8. The third-order valence-corrected chi connectivity index (χ3v) is 4.03. The fraction of sp³-hybridized carbons (Fsp3) is 0.200. The topological polar surface area (TPSA) is 73.2 Å². The summed E-state index contributed by atoms with van der Waals surface area (Å²) in [5.74, 6) is 2.35. The normalized spacial score (nSPS) is 11.0. The molecular weight excluding hydrogens is 330 g/mol. The summed E-state index contributed by atoms with van der Waals surface area (Å²) in [7, 11) is 0. The van der Waals surface area contributed by atoms with E-state index in [2.05, 4.69) is 15.1 Å². The van der Waals surface area contributed by atoms with Crippen LogP contribution in [0.15, 0.2) is 53.2 Å². The van der Waals surface area contributed by atoms with Gasteiger partial charge in [-0.2, -0.15) is 4.98 Å². The predicted molar refractivity (Wildman–Crippen MR) is 99.4 cm³/mol. The zero-order valence-electron chi connectivity index (χ0n) is 14.7. The molecule has 0 radical (unpaired) electrons. The van der Waals surface area contributed by atoms with Crippen LogP contribution in [0, 0.1) is 0 Å². The van der Waals surface area contributed by atoms with E-state index in [-0.39, 0.29) is 0 Å². The zero-order valence-corrected chi connectivity index (χ0v) is 14.7. The van der Waals surface area contributed by atoms with Crippen molar-refractivity contribution in [2.45, 2.75) is 13.8 Å². The highest BCUT2D eigenvalue weighted by Crippen LogP contribution is 2.33. The monoisotopic (exact) mass is 349 g/mol. The van der Waals surface area contributed by atoms with E-state index in [9.17, 15) is 0 Å². The lowest BCUT2D eigenvalue weighted by molar-refractivity contribution is 0.288. The average Bonchev–Trinajstić information content (AvgIpc) is 3.32. The van der Waals surface area contributed by atoms with E-state index in [0.717, 1.165) is 22.0 Å². The second kappa shape index (κ2) is 6.92. The average molecular weight is 349 g/mol. The van der Waals surface area contributed by atoms with Crippen molar-refractivity contribution < 1.29 is 14.0 Å². The number of nitrogens with one attached hydrogen (secondary N) is 1. The molecule has 132 valence electrons. The number of hydrogen-bond acceptors (Lipinski definition) is 5. The second-order valence-electron chi connectivity index (χ2n) is 5.73. The Morgan fingerprint density at radius 1 is 0.923 bits per heavy atom. The van der Waals surface area contributed by atoms with Gasteiger partial charge in [0.05, 0.1) is 13.2 Å². The second-order valence-corrected chi connectivity index (χ2v) is 5.73. The van der Waals surface area contributed by atoms with Crippen molar-refractivity contribution in [1.82, 2.24) is 15.1 Å². The Bertz CT molecular complexity index is 1040. The van der Waals surface area contributed by atoms with E-state index < -0.39 is 0 Å². The summed E-state index contributed by atoms with van der Waals surface area (Å²) in [6.45, 7) is 5.00. The number of benzene rings is 2. The number of fused-ring (bicyclic) bond motifs is 1. The number of aromatic amines is 1. The van der Waals surface area contributed by atoms with Gasteiger partial charge in [0.15, 0.2) is 11.5 Å². The van der Waals surface area contributed by atoms with Gasteiger partial charge in [0.25, 0.3) is 5.89 Å². The van der Waals surface area contributed by atoms with E-state index in [1.807, 2.05) is 62.5 Å². The summed E-state index contributed by atoms with van der Waals surface area (Å²) < 4.78 is 16.7. The number of nitrogens with zero attached hydrogens (tertiary/aromatic N) is 2. The van der Waals surface area contributed by atoms with E-state index >= 15 is 0 Å². The Kier molecular flexibility index (Phi) is 4.31. The molecule has 4 rings (SSSR count). The minimum Gasteiger partial charge on any atom is -0.490 e. The number of rotatable bonds is 6. The third-order valence-electron chi connectivity index (χ3n) is 4.03. The van der Waals surface area contributed by atoms with Crippen molar-refractivity contribution in [3.05, 3.63) is 48.7 Å². The van der Waals surface area contributed by atoms with E-state index in [1.54, 1.807) is 0 Å². The van der Waals surface area contributed by atoms with Crippen LogP contribution in [-0.4, -0.2) is 28.3 Å². The summed E-state index contributed by atoms with van der Waals surface area (Å²) in [4.78, 5) is 7.72. The minimum absolute atomic E-state index is 0.440. The van der Waals surface area contributed by atoms with Crippen LogP contribution < -0.4 is 9.47 Å². The van der Waals surface area contributed by atoms with Gasteiger partial charge >= 0.3 is 0 Å². The van der Waals surface area contributed by atoms with Gasteiger partial charge in [-0.25, -0.2) is 0 Å². The largest absolute Gasteiger partial charge is 0.490 e. The van der Waals surface area contributed by atoms with Gasteiger partial charge in [0.2, 0.25) is 5.82 Å². The van der Waals surface area contributed by atoms with E-state index in [4.69, 9.17) is 14.0 Å². The molecule has 0 spiro atoms. The molecule has 0 aliphatic rings. The van der Waals surface area contributed by atoms with Crippen molar-refractivity contribution in [3.63, 3.8) is 0 Å². The van der Waals surface area contributed by atoms with Crippen LogP contribution in [-0.2, 0) is 0 Å². The number of ether oxygens (including phenoxy) is 2. The number of H-pyrrole nitrogens is 1. The quantitative estimate of drug-likeness (QED) is 0.547. The Balaban J connectivity index is 1.67. The van der Waals surface area contributed by atoms with Crippen LogP contribution in [0.25, 0.3) is 33.7 Å². The Labute approximate surface area is 150 Å². The van der Waals surface area contributed by atoms with Crippen molar-refractivity contribution >= 4 is 10.9 Å². The Morgan fingerprint density at radius 2 is 1.73 bits per heavy atom. The highest BCUT2D eigenvalue weighted by Gasteiger charge is 2.14. The summed E-state index contributed by atoms with van der Waals surface area (Å²) in [6, 6.07) is 13.7. The van der Waals surface area contributed by atoms with Gasteiger partial charge in [0, 0.05) is 22.8 Å². The minimum atomic E-state index is 0.440. The highest BCUT2D eigenvalue weighted by molar-refractivity contribution is 5.83. The number of aromatic nitrogens is 3. The molecule has 0 aliphatic carbocycles. The van der Waals surface area contributed by atoms with Crippen molar-refractivity contribution in [1.29, 1.82) is 0 Å². The van der Waals surface area contributed by atoms with E-state index in [1.165, 1.54) is 0 Å². The molecule has 2 aromatic carbocycles. The molecule has 0 bridgehead atoms. The van der Waals surface area contributed by atoms with Gasteiger partial charge < -0.3 is 19.0 Å². The zero-order chi connectivity index (χ0) is 17.9. The third kappa shape index (κ3) is 3.01. The fourth-order valence-corrected chi connectivity index (χ4v) is 2.83. The lowest BCUT2D eigenvalue weighted by Crippen LogP contribution is -1.98. The summed E-state index contributed by atoms with van der Waals surface area (Å²) in [5, 5.41) is 5.26. The SMILES string of the molecule is CCOc1ccc(-c2nc(-c3ccc4cc[nH]c4c3)no2)cc1OCC. The summed E-state index contributed by atoms with van der Waals surface area (Å²) in [5.41, 5.74) is 2.72. The molecule has 6 heteroatoms. The molecule has 26 heavy (non-hydrogen) atoms. The molecular formula is C20H19N3O3. The first-order valence-corrected chi connectivity index (χ1v) is 8.59. The van der Waals surface area contributed by atoms with Gasteiger partial charge in [-0.1, -0.05) is 17.3 Å². The molecule has 0 unspecified atom stereocenters. The maximum absolute atomic E-state index is 5.66. The van der Waals surface area contributed by atoms with Crippen LogP contribution in [0.5, 0.6) is 11.5 Å². The smallest absolute Gasteiger partial charge is 0.258 e. The Hall–Kier alpha value is -3.28. The lowest BCUT2D eigenvalue weighted by atomic mass is 10.1. The van der Waals surface area contributed by atoms with Crippen LogP contribution in [0.3, 0.4) is 0 Å². The molecule has 0 saturated carbocycles. The van der Waals surface area contributed by atoms with Gasteiger partial charge in [0.1, 0.15) is 0 Å². The van der Waals surface area contributed by atoms with Crippen LogP contribution in [0.1, 0.15) is 13.8 Å². The molecule has 6 nitrogen and oxygen atoms in total. The van der Waals surface area contributed by atoms with Gasteiger partial charge in [-0.15, -0.1) is 0 Å². The maximum atomic E-state index is 5.66. The standard InChI is InChI=1S/C20H19N3O3/c1-3-24-17-8-7-15(12-18(17)25-4-2)20-22-19(23-26-20)14-6-5-13-9-10-21-16(13)11-14/h5-12,21H,3-4H2,1-2H3.